The highest BCUT2D eigenvalue weighted by molar-refractivity contribution is 5.77. The molecule has 2 heteroatoms. The molecule has 0 saturated heterocycles. The van der Waals surface area contributed by atoms with Crippen LogP contribution in [-0.2, 0) is 11.2 Å². The Hall–Kier alpha value is -1.31. The Kier molecular flexibility index (Phi) is 4.73. The maximum absolute atomic E-state index is 11.8. The molecule has 1 rings (SSSR count). The predicted octanol–water partition coefficient (Wildman–Crippen LogP) is 3.23. The summed E-state index contributed by atoms with van der Waals surface area (Å²) in [5, 5.41) is 3.06. The number of carbonyl (C=O) groups excluding carboxylic acids is 1. The lowest BCUT2D eigenvalue weighted by molar-refractivity contribution is -0.122. The van der Waals surface area contributed by atoms with Crippen LogP contribution in [0.25, 0.3) is 0 Å². The average molecular weight is 233 g/mol. The van der Waals surface area contributed by atoms with E-state index >= 15 is 0 Å². The zero-order chi connectivity index (χ0) is 12.9. The van der Waals surface area contributed by atoms with Crippen LogP contribution in [-0.4, -0.2) is 11.4 Å². The van der Waals surface area contributed by atoms with Crippen LogP contribution in [0.5, 0.6) is 0 Å². The summed E-state index contributed by atoms with van der Waals surface area (Å²) in [7, 11) is 0. The topological polar surface area (TPSA) is 29.1 Å². The number of amides is 1. The summed E-state index contributed by atoms with van der Waals surface area (Å²) in [4.78, 5) is 11.8. The molecule has 0 heterocycles. The molecule has 0 fully saturated rings. The van der Waals surface area contributed by atoms with Gasteiger partial charge in [0.15, 0.2) is 0 Å². The van der Waals surface area contributed by atoms with Crippen LogP contribution in [0.15, 0.2) is 24.3 Å². The van der Waals surface area contributed by atoms with E-state index < -0.39 is 0 Å². The van der Waals surface area contributed by atoms with Crippen LogP contribution in [0.4, 0.5) is 0 Å². The fraction of sp³-hybridized carbons (Fsp3) is 0.533. The average Bonchev–Trinajstić information content (AvgIpc) is 2.27. The highest BCUT2D eigenvalue weighted by Gasteiger charge is 2.17. The first-order valence-electron chi connectivity index (χ1n) is 6.30. The third kappa shape index (κ3) is 4.59. The lowest BCUT2D eigenvalue weighted by atomic mass is 10.0. The number of hydrogen-bond donors (Lipinski definition) is 1. The minimum absolute atomic E-state index is 0.0944. The van der Waals surface area contributed by atoms with Gasteiger partial charge in [0.05, 0.1) is 0 Å². The van der Waals surface area contributed by atoms with Gasteiger partial charge >= 0.3 is 0 Å². The van der Waals surface area contributed by atoms with Gasteiger partial charge in [-0.05, 0) is 44.7 Å². The van der Waals surface area contributed by atoms with E-state index in [1.807, 2.05) is 12.1 Å². The Morgan fingerprint density at radius 2 is 1.94 bits per heavy atom. The molecule has 1 N–H and O–H groups in total. The van der Waals surface area contributed by atoms with Crippen LogP contribution in [0.3, 0.4) is 0 Å². The van der Waals surface area contributed by atoms with Crippen molar-refractivity contribution in [1.29, 1.82) is 0 Å². The van der Waals surface area contributed by atoms with Gasteiger partial charge in [0, 0.05) is 12.0 Å². The zero-order valence-corrected chi connectivity index (χ0v) is 11.3. The summed E-state index contributed by atoms with van der Waals surface area (Å²) >= 11 is 0. The van der Waals surface area contributed by atoms with Crippen molar-refractivity contribution in [1.82, 2.24) is 5.32 Å². The maximum atomic E-state index is 11.8. The standard InChI is InChI=1S/C15H23NO/c1-5-15(3,4)16-14(17)11-10-13-9-7-6-8-12(13)2/h6-9H,5,10-11H2,1-4H3,(H,16,17). The van der Waals surface area contributed by atoms with Gasteiger partial charge in [-0.1, -0.05) is 31.2 Å². The molecular weight excluding hydrogens is 210 g/mol. The quantitative estimate of drug-likeness (QED) is 0.831. The minimum Gasteiger partial charge on any atom is -0.351 e. The summed E-state index contributed by atoms with van der Waals surface area (Å²) < 4.78 is 0. The molecule has 0 radical (unpaired) electrons. The van der Waals surface area contributed by atoms with Crippen molar-refractivity contribution in [2.75, 3.05) is 0 Å². The van der Waals surface area contributed by atoms with E-state index in [1.165, 1.54) is 11.1 Å². The normalized spacial score (nSPS) is 11.3. The fourth-order valence-corrected chi connectivity index (χ4v) is 1.67. The van der Waals surface area contributed by atoms with Crippen LogP contribution >= 0.6 is 0 Å². The summed E-state index contributed by atoms with van der Waals surface area (Å²) in [6.45, 7) is 8.28. The number of carbonyl (C=O) groups is 1. The van der Waals surface area contributed by atoms with E-state index in [1.54, 1.807) is 0 Å². The molecule has 0 unspecified atom stereocenters. The molecule has 2 nitrogen and oxygen atoms in total. The number of nitrogens with one attached hydrogen (secondary N) is 1. The number of aryl methyl sites for hydroxylation is 2. The smallest absolute Gasteiger partial charge is 0.220 e. The van der Waals surface area contributed by atoms with E-state index in [2.05, 4.69) is 45.1 Å². The van der Waals surface area contributed by atoms with Gasteiger partial charge in [-0.3, -0.25) is 4.79 Å². The molecule has 0 bridgehead atoms. The first-order chi connectivity index (χ1) is 7.94. The van der Waals surface area contributed by atoms with Gasteiger partial charge in [0.1, 0.15) is 0 Å². The molecule has 17 heavy (non-hydrogen) atoms. The summed E-state index contributed by atoms with van der Waals surface area (Å²) in [5.74, 6) is 0.139. The van der Waals surface area contributed by atoms with E-state index in [-0.39, 0.29) is 11.4 Å². The highest BCUT2D eigenvalue weighted by Crippen LogP contribution is 2.11. The van der Waals surface area contributed by atoms with E-state index in [4.69, 9.17) is 0 Å². The number of benzene rings is 1. The Morgan fingerprint density at radius 1 is 1.29 bits per heavy atom. The van der Waals surface area contributed by atoms with E-state index in [0.717, 1.165) is 12.8 Å². The highest BCUT2D eigenvalue weighted by atomic mass is 16.1. The van der Waals surface area contributed by atoms with E-state index in [9.17, 15) is 4.79 Å². The van der Waals surface area contributed by atoms with E-state index in [0.29, 0.717) is 6.42 Å². The molecule has 1 aromatic carbocycles. The molecule has 94 valence electrons. The van der Waals surface area contributed by atoms with Crippen LogP contribution in [0.2, 0.25) is 0 Å². The second-order valence-electron chi connectivity index (χ2n) is 5.21. The summed E-state index contributed by atoms with van der Waals surface area (Å²) in [6, 6.07) is 8.23. The molecule has 1 amide bonds. The van der Waals surface area contributed by atoms with Crippen molar-refractivity contribution < 1.29 is 4.79 Å². The molecule has 0 aliphatic carbocycles. The summed E-state index contributed by atoms with van der Waals surface area (Å²) in [5.41, 5.74) is 2.43. The van der Waals surface area contributed by atoms with Gasteiger partial charge in [-0.25, -0.2) is 0 Å². The third-order valence-electron chi connectivity index (χ3n) is 3.24. The monoisotopic (exact) mass is 233 g/mol. The van der Waals surface area contributed by atoms with Gasteiger partial charge in [-0.15, -0.1) is 0 Å². The Labute approximate surface area is 104 Å². The van der Waals surface area contributed by atoms with Crippen molar-refractivity contribution in [2.24, 2.45) is 0 Å². The van der Waals surface area contributed by atoms with Crippen molar-refractivity contribution >= 4 is 5.91 Å². The molecule has 0 spiro atoms. The van der Waals surface area contributed by atoms with Crippen LogP contribution in [0, 0.1) is 6.92 Å². The maximum Gasteiger partial charge on any atom is 0.220 e. The SMILES string of the molecule is CCC(C)(C)NC(=O)CCc1ccccc1C. The lowest BCUT2D eigenvalue weighted by Gasteiger charge is -2.24. The van der Waals surface area contributed by atoms with Crippen LogP contribution in [0.1, 0.15) is 44.7 Å². The number of hydrogen-bond acceptors (Lipinski definition) is 1. The van der Waals surface area contributed by atoms with Crippen molar-refractivity contribution in [2.45, 2.75) is 52.5 Å². The molecule has 0 atom stereocenters. The van der Waals surface area contributed by atoms with Crippen LogP contribution < -0.4 is 5.32 Å². The molecule has 0 aliphatic heterocycles. The molecule has 0 saturated carbocycles. The van der Waals surface area contributed by atoms with Crippen molar-refractivity contribution in [3.8, 4) is 0 Å². The Bertz CT molecular complexity index is 382. The third-order valence-corrected chi connectivity index (χ3v) is 3.24. The second kappa shape index (κ2) is 5.85. The van der Waals surface area contributed by atoms with Gasteiger partial charge < -0.3 is 5.32 Å². The molecule has 1 aromatic rings. The molecular formula is C15H23NO. The molecule has 0 aliphatic rings. The summed E-state index contributed by atoms with van der Waals surface area (Å²) in [6.07, 6.45) is 2.33. The predicted molar refractivity (Wildman–Crippen MR) is 72.0 cm³/mol. The van der Waals surface area contributed by atoms with Crippen molar-refractivity contribution in [3.05, 3.63) is 35.4 Å². The first-order valence-corrected chi connectivity index (χ1v) is 6.30. The largest absolute Gasteiger partial charge is 0.351 e. The van der Waals surface area contributed by atoms with Gasteiger partial charge in [0.25, 0.3) is 0 Å². The second-order valence-corrected chi connectivity index (χ2v) is 5.21. The van der Waals surface area contributed by atoms with Gasteiger partial charge in [-0.2, -0.15) is 0 Å². The lowest BCUT2D eigenvalue weighted by Crippen LogP contribution is -2.42. The number of rotatable bonds is 5. The first kappa shape index (κ1) is 13.8. The van der Waals surface area contributed by atoms with Gasteiger partial charge in [0.2, 0.25) is 5.91 Å². The molecule has 0 aromatic heterocycles. The minimum atomic E-state index is -0.0944. The Balaban J connectivity index is 2.47. The fourth-order valence-electron chi connectivity index (χ4n) is 1.67. The van der Waals surface area contributed by atoms with Crippen molar-refractivity contribution in [3.63, 3.8) is 0 Å². The Morgan fingerprint density at radius 3 is 2.53 bits per heavy atom. The zero-order valence-electron chi connectivity index (χ0n) is 11.3.